The van der Waals surface area contributed by atoms with E-state index in [0.717, 1.165) is 0 Å². The van der Waals surface area contributed by atoms with Gasteiger partial charge in [-0.1, -0.05) is 23.7 Å². The molecule has 0 aliphatic heterocycles. The Kier molecular flexibility index (Phi) is 3.91. The van der Waals surface area contributed by atoms with Crippen molar-refractivity contribution in [3.8, 4) is 11.5 Å². The molecule has 0 saturated carbocycles. The average Bonchev–Trinajstić information content (AvgIpc) is 2.38. The van der Waals surface area contributed by atoms with Gasteiger partial charge in [0.05, 0.1) is 0 Å². The largest absolute Gasteiger partial charge is 0.507 e. The monoisotopic (exact) mass is 292 g/mol. The topological polar surface area (TPSA) is 83.8 Å². The molecule has 0 saturated heterocycles. The lowest BCUT2D eigenvalue weighted by molar-refractivity contribution is 0.0681. The number of phenolic OH excluding ortho intramolecular Hbond substituents is 1. The average molecular weight is 293 g/mol. The summed E-state index contributed by atoms with van der Waals surface area (Å²) in [5.41, 5.74) is -0.246. The first-order valence-corrected chi connectivity index (χ1v) is 5.90. The number of carbonyl (C=O) groups is 2. The maximum atomic E-state index is 11.9. The van der Waals surface area contributed by atoms with Crippen LogP contribution in [0.3, 0.4) is 0 Å². The number of esters is 1. The molecule has 0 aromatic heterocycles. The predicted octanol–water partition coefficient (Wildman–Crippen LogP) is 2.96. The van der Waals surface area contributed by atoms with Crippen molar-refractivity contribution in [2.45, 2.75) is 0 Å². The first-order valence-electron chi connectivity index (χ1n) is 5.52. The molecule has 0 radical (unpaired) electrons. The summed E-state index contributed by atoms with van der Waals surface area (Å²) in [6, 6.07) is 9.63. The van der Waals surface area contributed by atoms with E-state index in [1.807, 2.05) is 0 Å². The molecule has 2 rings (SSSR count). The van der Waals surface area contributed by atoms with Gasteiger partial charge in [-0.05, 0) is 30.3 Å². The molecule has 20 heavy (non-hydrogen) atoms. The molecule has 0 bridgehead atoms. The van der Waals surface area contributed by atoms with Crippen LogP contribution in [0.15, 0.2) is 42.5 Å². The van der Waals surface area contributed by atoms with Gasteiger partial charge in [-0.3, -0.25) is 0 Å². The Morgan fingerprint density at radius 2 is 1.75 bits per heavy atom. The van der Waals surface area contributed by atoms with E-state index >= 15 is 0 Å². The minimum absolute atomic E-state index is 0.0978. The van der Waals surface area contributed by atoms with E-state index < -0.39 is 11.9 Å². The molecule has 0 aliphatic carbocycles. The maximum Gasteiger partial charge on any atom is 0.347 e. The SMILES string of the molecule is O=C(Oc1ccccc1C(=O)O)c1ccc(Cl)cc1O. The van der Waals surface area contributed by atoms with Crippen molar-refractivity contribution in [3.63, 3.8) is 0 Å². The Labute approximate surface area is 119 Å². The zero-order chi connectivity index (χ0) is 14.7. The number of carboxylic acids is 1. The molecule has 2 N–H and O–H groups in total. The number of hydrogen-bond donors (Lipinski definition) is 2. The Morgan fingerprint density at radius 3 is 2.40 bits per heavy atom. The highest BCUT2D eigenvalue weighted by molar-refractivity contribution is 6.30. The molecular weight excluding hydrogens is 284 g/mol. The number of phenols is 1. The smallest absolute Gasteiger partial charge is 0.347 e. The van der Waals surface area contributed by atoms with E-state index in [-0.39, 0.29) is 27.6 Å². The third-order valence-corrected chi connectivity index (χ3v) is 2.73. The van der Waals surface area contributed by atoms with Crippen LogP contribution < -0.4 is 4.74 Å². The fourth-order valence-corrected chi connectivity index (χ4v) is 1.73. The third kappa shape index (κ3) is 2.89. The van der Waals surface area contributed by atoms with Gasteiger partial charge in [0, 0.05) is 5.02 Å². The molecule has 2 aromatic rings. The summed E-state index contributed by atoms with van der Waals surface area (Å²) >= 11 is 5.66. The second-order valence-corrected chi connectivity index (χ2v) is 4.29. The van der Waals surface area contributed by atoms with Crippen molar-refractivity contribution >= 4 is 23.5 Å². The van der Waals surface area contributed by atoms with Crippen LogP contribution in [0.1, 0.15) is 20.7 Å². The van der Waals surface area contributed by atoms with Gasteiger partial charge >= 0.3 is 11.9 Å². The highest BCUT2D eigenvalue weighted by Crippen LogP contribution is 2.25. The van der Waals surface area contributed by atoms with Crippen LogP contribution in [0.2, 0.25) is 5.02 Å². The number of hydrogen-bond acceptors (Lipinski definition) is 4. The summed E-state index contributed by atoms with van der Waals surface area (Å²) in [5, 5.41) is 18.9. The first-order chi connectivity index (χ1) is 9.49. The summed E-state index contributed by atoms with van der Waals surface area (Å²) in [7, 11) is 0. The van der Waals surface area contributed by atoms with Crippen LogP contribution in [0.25, 0.3) is 0 Å². The molecule has 5 nitrogen and oxygen atoms in total. The number of rotatable bonds is 3. The maximum absolute atomic E-state index is 11.9. The van der Waals surface area contributed by atoms with Crippen LogP contribution in [0, 0.1) is 0 Å². The molecule has 0 atom stereocenters. The third-order valence-electron chi connectivity index (χ3n) is 2.50. The Morgan fingerprint density at radius 1 is 1.05 bits per heavy atom. The number of aromatic hydroxyl groups is 1. The normalized spacial score (nSPS) is 10.1. The van der Waals surface area contributed by atoms with Crippen LogP contribution in [0.5, 0.6) is 11.5 Å². The van der Waals surface area contributed by atoms with Crippen molar-refractivity contribution in [1.82, 2.24) is 0 Å². The molecule has 0 unspecified atom stereocenters. The summed E-state index contributed by atoms with van der Waals surface area (Å²) in [5.74, 6) is -2.52. The highest BCUT2D eigenvalue weighted by Gasteiger charge is 2.17. The van der Waals surface area contributed by atoms with Gasteiger partial charge in [0.1, 0.15) is 22.6 Å². The number of benzene rings is 2. The van der Waals surface area contributed by atoms with Crippen molar-refractivity contribution in [2.75, 3.05) is 0 Å². The number of ether oxygens (including phenoxy) is 1. The van der Waals surface area contributed by atoms with Crippen LogP contribution in [-0.4, -0.2) is 22.2 Å². The van der Waals surface area contributed by atoms with Crippen molar-refractivity contribution in [1.29, 1.82) is 0 Å². The highest BCUT2D eigenvalue weighted by atomic mass is 35.5. The van der Waals surface area contributed by atoms with E-state index in [0.29, 0.717) is 0 Å². The molecule has 6 heteroatoms. The van der Waals surface area contributed by atoms with E-state index in [1.54, 1.807) is 0 Å². The number of para-hydroxylation sites is 1. The fourth-order valence-electron chi connectivity index (χ4n) is 1.56. The summed E-state index contributed by atoms with van der Waals surface area (Å²) in [6.07, 6.45) is 0. The van der Waals surface area contributed by atoms with Gasteiger partial charge in [-0.25, -0.2) is 9.59 Å². The van der Waals surface area contributed by atoms with Gasteiger partial charge < -0.3 is 14.9 Å². The van der Waals surface area contributed by atoms with Gasteiger partial charge in [-0.2, -0.15) is 0 Å². The minimum Gasteiger partial charge on any atom is -0.507 e. The first kappa shape index (κ1) is 13.9. The molecular formula is C14H9ClO5. The predicted molar refractivity (Wildman–Crippen MR) is 71.5 cm³/mol. The van der Waals surface area contributed by atoms with Gasteiger partial charge in [0.2, 0.25) is 0 Å². The fraction of sp³-hybridized carbons (Fsp3) is 0. The number of aromatic carboxylic acids is 1. The lowest BCUT2D eigenvalue weighted by Crippen LogP contribution is -2.11. The molecule has 0 fully saturated rings. The second-order valence-electron chi connectivity index (χ2n) is 3.85. The van der Waals surface area contributed by atoms with Crippen LogP contribution >= 0.6 is 11.6 Å². The number of carboxylic acid groups (broad SMARTS) is 1. The standard InChI is InChI=1S/C14H9ClO5/c15-8-5-6-9(11(16)7-8)14(19)20-12-4-2-1-3-10(12)13(17)18/h1-7,16H,(H,17,18). The summed E-state index contributed by atoms with van der Waals surface area (Å²) in [6.45, 7) is 0. The molecule has 2 aromatic carbocycles. The zero-order valence-electron chi connectivity index (χ0n) is 10.0. The molecule has 0 amide bonds. The summed E-state index contributed by atoms with van der Waals surface area (Å²) in [4.78, 5) is 22.9. The Balaban J connectivity index is 2.30. The van der Waals surface area contributed by atoms with Crippen LogP contribution in [0.4, 0.5) is 0 Å². The van der Waals surface area contributed by atoms with Crippen molar-refractivity contribution < 1.29 is 24.5 Å². The summed E-state index contributed by atoms with van der Waals surface area (Å²) < 4.78 is 4.99. The Bertz CT molecular complexity index is 681. The minimum atomic E-state index is -1.21. The van der Waals surface area contributed by atoms with Gasteiger partial charge in [0.15, 0.2) is 0 Å². The van der Waals surface area contributed by atoms with Crippen molar-refractivity contribution in [3.05, 3.63) is 58.6 Å². The molecule has 0 heterocycles. The quantitative estimate of drug-likeness (QED) is 0.671. The van der Waals surface area contributed by atoms with Crippen LogP contribution in [-0.2, 0) is 0 Å². The van der Waals surface area contributed by atoms with E-state index in [4.69, 9.17) is 21.4 Å². The number of carbonyl (C=O) groups excluding carboxylic acids is 1. The van der Waals surface area contributed by atoms with Gasteiger partial charge in [0.25, 0.3) is 0 Å². The van der Waals surface area contributed by atoms with E-state index in [1.165, 1.54) is 42.5 Å². The zero-order valence-corrected chi connectivity index (χ0v) is 10.8. The lowest BCUT2D eigenvalue weighted by atomic mass is 10.2. The van der Waals surface area contributed by atoms with E-state index in [2.05, 4.69) is 0 Å². The molecule has 0 aliphatic rings. The lowest BCUT2D eigenvalue weighted by Gasteiger charge is -2.08. The molecule has 0 spiro atoms. The molecule has 102 valence electrons. The Hall–Kier alpha value is -2.53. The van der Waals surface area contributed by atoms with Crippen molar-refractivity contribution in [2.24, 2.45) is 0 Å². The number of halogens is 1. The van der Waals surface area contributed by atoms with E-state index in [9.17, 15) is 14.7 Å². The van der Waals surface area contributed by atoms with Gasteiger partial charge in [-0.15, -0.1) is 0 Å². The second kappa shape index (κ2) is 5.63.